The molecule has 0 aliphatic carbocycles. The molecule has 0 aromatic rings. The molecule has 1 N–H and O–H groups in total. The summed E-state index contributed by atoms with van der Waals surface area (Å²) in [6, 6.07) is -0.649. The van der Waals surface area contributed by atoms with E-state index < -0.39 is 6.03 Å². The van der Waals surface area contributed by atoms with Gasteiger partial charge in [0.05, 0.1) is 0 Å². The molecule has 0 aromatic heterocycles. The second-order valence-electron chi connectivity index (χ2n) is 3.03. The molecule has 0 bridgehead atoms. The number of nitrogens with one attached hydrogen (secondary N) is 1. The first-order chi connectivity index (χ1) is 6.15. The topological polar surface area (TPSA) is 64.4 Å². The Morgan fingerprint density at radius 1 is 1.15 bits per heavy atom. The predicted octanol–water partition coefficient (Wildman–Crippen LogP) is -0.0565. The quantitative estimate of drug-likeness (QED) is 0.573. The number of piperazine rings is 1. The lowest BCUT2D eigenvalue weighted by Crippen LogP contribution is -2.50. The molecule has 73 valence electrons. The molecule has 1 fully saturated rings. The molecule has 1 heterocycles. The third-order valence-corrected chi connectivity index (χ3v) is 2.22. The molecular weight excluding hydrogens is 170 g/mol. The summed E-state index contributed by atoms with van der Waals surface area (Å²) in [5.74, 6) is 0.122. The minimum Gasteiger partial charge on any atom is -0.339 e. The number of carbonyl (C=O) groups is 2. The van der Waals surface area contributed by atoms with Gasteiger partial charge in [-0.05, 0) is 0 Å². The van der Waals surface area contributed by atoms with Crippen molar-refractivity contribution in [2.24, 2.45) is 0 Å². The molecule has 0 spiro atoms. The van der Waals surface area contributed by atoms with Gasteiger partial charge >= 0.3 is 6.03 Å². The maximum Gasteiger partial charge on any atom is 0.336 e. The molecule has 3 amide bonds. The van der Waals surface area contributed by atoms with E-state index in [1.165, 1.54) is 4.90 Å². The molecule has 1 saturated heterocycles. The molecule has 1 aliphatic heterocycles. The predicted molar refractivity (Wildman–Crippen MR) is 46.9 cm³/mol. The molecule has 1 radical (unpaired) electrons. The van der Waals surface area contributed by atoms with E-state index in [0.29, 0.717) is 32.6 Å². The highest BCUT2D eigenvalue weighted by Gasteiger charge is 2.21. The van der Waals surface area contributed by atoms with Crippen LogP contribution in [0.4, 0.5) is 4.79 Å². The monoisotopic (exact) mass is 184 g/mol. The lowest BCUT2D eigenvalue weighted by Gasteiger charge is -2.33. The summed E-state index contributed by atoms with van der Waals surface area (Å²) in [4.78, 5) is 25.0. The average Bonchev–Trinajstić information content (AvgIpc) is 2.17. The number of amides is 3. The van der Waals surface area contributed by atoms with Crippen LogP contribution >= 0.6 is 0 Å². The van der Waals surface area contributed by atoms with Crippen LogP contribution in [0.3, 0.4) is 0 Å². The fourth-order valence-corrected chi connectivity index (χ4v) is 1.38. The van der Waals surface area contributed by atoms with Crippen LogP contribution in [0.2, 0.25) is 0 Å². The third-order valence-electron chi connectivity index (χ3n) is 2.22. The standard InChI is InChI=1S/C8H14N3O2/c1-2-7(12)10-3-5-11(6-4-10)8(9)13/h9H,2-6H2,1H3. The summed E-state index contributed by atoms with van der Waals surface area (Å²) in [6.45, 7) is 3.95. The maximum absolute atomic E-state index is 11.2. The van der Waals surface area contributed by atoms with Crippen LogP contribution in [0.25, 0.3) is 0 Å². The number of urea groups is 1. The normalized spacial score (nSPS) is 17.3. The largest absolute Gasteiger partial charge is 0.339 e. The van der Waals surface area contributed by atoms with E-state index in [1.807, 2.05) is 6.92 Å². The Labute approximate surface area is 77.5 Å². The van der Waals surface area contributed by atoms with Crippen LogP contribution in [0.5, 0.6) is 0 Å². The van der Waals surface area contributed by atoms with E-state index in [4.69, 9.17) is 5.73 Å². The summed E-state index contributed by atoms with van der Waals surface area (Å²) >= 11 is 0. The van der Waals surface area contributed by atoms with Gasteiger partial charge in [-0.25, -0.2) is 10.5 Å². The summed E-state index contributed by atoms with van der Waals surface area (Å²) in [5.41, 5.74) is 6.87. The first-order valence-electron chi connectivity index (χ1n) is 4.43. The zero-order valence-electron chi connectivity index (χ0n) is 7.75. The summed E-state index contributed by atoms with van der Waals surface area (Å²) in [5, 5.41) is 0. The van der Waals surface area contributed by atoms with Gasteiger partial charge in [-0.3, -0.25) is 4.79 Å². The number of nitrogens with zero attached hydrogens (tertiary/aromatic N) is 2. The number of hydrogen-bond acceptors (Lipinski definition) is 2. The van der Waals surface area contributed by atoms with Crippen molar-refractivity contribution in [3.05, 3.63) is 0 Å². The lowest BCUT2D eigenvalue weighted by molar-refractivity contribution is -0.132. The van der Waals surface area contributed by atoms with Crippen molar-refractivity contribution in [3.8, 4) is 0 Å². The Balaban J connectivity index is 2.39. The first-order valence-corrected chi connectivity index (χ1v) is 4.43. The molecule has 13 heavy (non-hydrogen) atoms. The van der Waals surface area contributed by atoms with Gasteiger partial charge in [-0.2, -0.15) is 0 Å². The van der Waals surface area contributed by atoms with Gasteiger partial charge in [0.15, 0.2) is 0 Å². The van der Waals surface area contributed by atoms with Crippen LogP contribution in [0.15, 0.2) is 0 Å². The maximum atomic E-state index is 11.2. The summed E-state index contributed by atoms with van der Waals surface area (Å²) in [6.07, 6.45) is 0.509. The molecular formula is C8H14N3O2. The zero-order valence-corrected chi connectivity index (χ0v) is 7.75. The fourth-order valence-electron chi connectivity index (χ4n) is 1.38. The molecule has 0 aromatic carbocycles. The van der Waals surface area contributed by atoms with Crippen LogP contribution in [0, 0.1) is 0 Å². The molecule has 1 rings (SSSR count). The van der Waals surface area contributed by atoms with Gasteiger partial charge in [0.1, 0.15) is 0 Å². The Morgan fingerprint density at radius 3 is 2.00 bits per heavy atom. The van der Waals surface area contributed by atoms with Crippen molar-refractivity contribution in [1.82, 2.24) is 15.5 Å². The van der Waals surface area contributed by atoms with Crippen LogP contribution in [0.1, 0.15) is 13.3 Å². The van der Waals surface area contributed by atoms with Crippen molar-refractivity contribution < 1.29 is 9.59 Å². The van der Waals surface area contributed by atoms with Gasteiger partial charge in [0.25, 0.3) is 0 Å². The zero-order chi connectivity index (χ0) is 9.84. The van der Waals surface area contributed by atoms with E-state index in [9.17, 15) is 9.59 Å². The Morgan fingerprint density at radius 2 is 1.62 bits per heavy atom. The second kappa shape index (κ2) is 4.11. The van der Waals surface area contributed by atoms with Crippen molar-refractivity contribution in [2.45, 2.75) is 13.3 Å². The minimum atomic E-state index is -0.649. The number of rotatable bonds is 1. The SMILES string of the molecule is CCC(=O)N1CCN(C([NH])=O)CC1. The van der Waals surface area contributed by atoms with Crippen molar-refractivity contribution in [2.75, 3.05) is 26.2 Å². The number of hydrogen-bond donors (Lipinski definition) is 0. The van der Waals surface area contributed by atoms with Crippen LogP contribution in [-0.4, -0.2) is 47.9 Å². The highest BCUT2D eigenvalue weighted by Crippen LogP contribution is 2.03. The molecule has 1 aliphatic rings. The van der Waals surface area contributed by atoms with Gasteiger partial charge in [0.2, 0.25) is 5.91 Å². The number of carbonyl (C=O) groups excluding carboxylic acids is 2. The molecule has 5 nitrogen and oxygen atoms in total. The van der Waals surface area contributed by atoms with E-state index in [0.717, 1.165) is 0 Å². The van der Waals surface area contributed by atoms with Crippen LogP contribution < -0.4 is 5.73 Å². The fraction of sp³-hybridized carbons (Fsp3) is 0.750. The Hall–Kier alpha value is -1.26. The Bertz CT molecular complexity index is 209. The molecule has 0 unspecified atom stereocenters. The second-order valence-corrected chi connectivity index (χ2v) is 3.03. The Kier molecular flexibility index (Phi) is 3.11. The van der Waals surface area contributed by atoms with Gasteiger partial charge < -0.3 is 9.80 Å². The molecule has 0 saturated carbocycles. The van der Waals surface area contributed by atoms with Crippen molar-refractivity contribution in [3.63, 3.8) is 0 Å². The van der Waals surface area contributed by atoms with Gasteiger partial charge in [0, 0.05) is 32.6 Å². The lowest BCUT2D eigenvalue weighted by atomic mass is 10.3. The van der Waals surface area contributed by atoms with Crippen LogP contribution in [-0.2, 0) is 4.79 Å². The average molecular weight is 184 g/mol. The van der Waals surface area contributed by atoms with Crippen molar-refractivity contribution in [1.29, 1.82) is 0 Å². The van der Waals surface area contributed by atoms with E-state index in [1.54, 1.807) is 4.90 Å². The first kappa shape index (κ1) is 9.83. The van der Waals surface area contributed by atoms with E-state index in [2.05, 4.69) is 0 Å². The van der Waals surface area contributed by atoms with E-state index >= 15 is 0 Å². The van der Waals surface area contributed by atoms with Gasteiger partial charge in [-0.1, -0.05) is 6.92 Å². The third kappa shape index (κ3) is 2.34. The highest BCUT2D eigenvalue weighted by molar-refractivity contribution is 5.76. The van der Waals surface area contributed by atoms with Crippen molar-refractivity contribution >= 4 is 11.9 Å². The highest BCUT2D eigenvalue weighted by atomic mass is 16.2. The summed E-state index contributed by atoms with van der Waals surface area (Å²) < 4.78 is 0. The summed E-state index contributed by atoms with van der Waals surface area (Å²) in [7, 11) is 0. The molecule has 0 atom stereocenters. The molecule has 5 heteroatoms. The van der Waals surface area contributed by atoms with E-state index in [-0.39, 0.29) is 5.91 Å². The smallest absolute Gasteiger partial charge is 0.336 e. The van der Waals surface area contributed by atoms with Gasteiger partial charge in [-0.15, -0.1) is 0 Å². The minimum absolute atomic E-state index is 0.122.